The Morgan fingerprint density at radius 3 is 2.58 bits per heavy atom. The van der Waals surface area contributed by atoms with Crippen LogP contribution < -0.4 is 5.32 Å². The first-order valence-electron chi connectivity index (χ1n) is 9.28. The van der Waals surface area contributed by atoms with Crippen molar-refractivity contribution in [2.24, 2.45) is 0 Å². The van der Waals surface area contributed by atoms with Crippen molar-refractivity contribution in [1.29, 1.82) is 0 Å². The number of amides is 1. The molecule has 3 nitrogen and oxygen atoms in total. The Morgan fingerprint density at radius 1 is 1.10 bits per heavy atom. The van der Waals surface area contributed by atoms with E-state index in [9.17, 15) is 22.4 Å². The minimum Gasteiger partial charge on any atom is -0.322 e. The molecule has 4 aromatic rings. The first-order valence-corrected chi connectivity index (χ1v) is 10.2. The summed E-state index contributed by atoms with van der Waals surface area (Å²) in [6.45, 7) is 0.793. The highest BCUT2D eigenvalue weighted by atomic mass is 32.1. The van der Waals surface area contributed by atoms with Crippen LogP contribution in [0.4, 0.5) is 23.2 Å². The Labute approximate surface area is 179 Å². The fourth-order valence-electron chi connectivity index (χ4n) is 3.28. The van der Waals surface area contributed by atoms with Gasteiger partial charge >= 0.3 is 6.18 Å². The van der Waals surface area contributed by atoms with Crippen LogP contribution in [0.2, 0.25) is 0 Å². The monoisotopic (exact) mass is 444 g/mol. The van der Waals surface area contributed by atoms with Gasteiger partial charge < -0.3 is 5.32 Å². The Morgan fingerprint density at radius 2 is 1.90 bits per heavy atom. The summed E-state index contributed by atoms with van der Waals surface area (Å²) >= 11 is 1.46. The van der Waals surface area contributed by atoms with Crippen LogP contribution in [-0.4, -0.2) is 10.9 Å². The fraction of sp³-hybridized carbons (Fsp3) is 0.130. The molecule has 0 saturated carbocycles. The first kappa shape index (κ1) is 21.0. The predicted octanol–water partition coefficient (Wildman–Crippen LogP) is 7.01. The molecule has 0 saturated heterocycles. The lowest BCUT2D eigenvalue weighted by atomic mass is 10.0. The number of fused-ring (bicyclic) bond motifs is 1. The second-order valence-corrected chi connectivity index (χ2v) is 8.00. The number of carbonyl (C=O) groups excluding carboxylic acids is 1. The van der Waals surface area contributed by atoms with Gasteiger partial charge in [0.15, 0.2) is 0 Å². The number of halogens is 4. The maximum atomic E-state index is 13.2. The first-order chi connectivity index (χ1) is 14.7. The maximum absolute atomic E-state index is 13.2. The molecule has 0 aliphatic carbocycles. The molecule has 1 amide bonds. The number of nitrogens with one attached hydrogen (secondary N) is 1. The zero-order valence-corrected chi connectivity index (χ0v) is 17.1. The Hall–Kier alpha value is -3.26. The van der Waals surface area contributed by atoms with Crippen LogP contribution in [0.5, 0.6) is 0 Å². The number of thiophene rings is 1. The van der Waals surface area contributed by atoms with Gasteiger partial charge in [0, 0.05) is 11.1 Å². The summed E-state index contributed by atoms with van der Waals surface area (Å²) < 4.78 is 52.6. The third-order valence-corrected chi connectivity index (χ3v) is 5.61. The molecule has 158 valence electrons. The number of aromatic nitrogens is 1. The van der Waals surface area contributed by atoms with Crippen molar-refractivity contribution in [3.63, 3.8) is 0 Å². The molecule has 0 atom stereocenters. The molecule has 0 fully saturated rings. The quantitative estimate of drug-likeness (QED) is 0.344. The van der Waals surface area contributed by atoms with Gasteiger partial charge in [-0.3, -0.25) is 4.79 Å². The number of rotatable bonds is 4. The predicted molar refractivity (Wildman–Crippen MR) is 114 cm³/mol. The Balaban J connectivity index is 1.80. The van der Waals surface area contributed by atoms with E-state index >= 15 is 0 Å². The van der Waals surface area contributed by atoms with Crippen molar-refractivity contribution in [1.82, 2.24) is 4.98 Å². The van der Waals surface area contributed by atoms with Gasteiger partial charge in [-0.1, -0.05) is 17.7 Å². The summed E-state index contributed by atoms with van der Waals surface area (Å²) in [5.74, 6) is -0.597. The van der Waals surface area contributed by atoms with E-state index < -0.39 is 24.3 Å². The van der Waals surface area contributed by atoms with E-state index in [0.717, 1.165) is 22.6 Å². The number of hydrogen-bond acceptors (Lipinski definition) is 3. The number of hydrogen-bond donors (Lipinski definition) is 1. The summed E-state index contributed by atoms with van der Waals surface area (Å²) in [6, 6.07) is 13.5. The van der Waals surface area contributed by atoms with E-state index in [1.807, 2.05) is 30.5 Å². The van der Waals surface area contributed by atoms with E-state index in [4.69, 9.17) is 0 Å². The van der Waals surface area contributed by atoms with Crippen LogP contribution in [0.3, 0.4) is 0 Å². The molecule has 2 aromatic heterocycles. The Kier molecular flexibility index (Phi) is 5.49. The van der Waals surface area contributed by atoms with Gasteiger partial charge in [0.2, 0.25) is 0 Å². The molecule has 8 heteroatoms. The number of benzene rings is 2. The van der Waals surface area contributed by atoms with Gasteiger partial charge in [-0.25, -0.2) is 9.37 Å². The largest absolute Gasteiger partial charge is 0.416 e. The third-order valence-electron chi connectivity index (χ3n) is 4.71. The summed E-state index contributed by atoms with van der Waals surface area (Å²) in [5.41, 5.74) is 1.05. The molecule has 0 radical (unpaired) electrons. The van der Waals surface area contributed by atoms with E-state index in [1.54, 1.807) is 18.2 Å². The van der Waals surface area contributed by atoms with Crippen LogP contribution >= 0.6 is 11.3 Å². The zero-order valence-electron chi connectivity index (χ0n) is 16.3. The van der Waals surface area contributed by atoms with Gasteiger partial charge in [-0.2, -0.15) is 13.2 Å². The summed E-state index contributed by atoms with van der Waals surface area (Å²) in [7, 11) is 0. The molecule has 0 aliphatic rings. The van der Waals surface area contributed by atoms with Gasteiger partial charge in [0.1, 0.15) is 6.67 Å². The number of carbonyl (C=O) groups is 1. The van der Waals surface area contributed by atoms with Crippen LogP contribution in [0.25, 0.3) is 21.5 Å². The van der Waals surface area contributed by atoms with Crippen molar-refractivity contribution < 1.29 is 22.4 Å². The highest BCUT2D eigenvalue weighted by Crippen LogP contribution is 2.33. The van der Waals surface area contributed by atoms with Crippen LogP contribution in [0.1, 0.15) is 27.0 Å². The van der Waals surface area contributed by atoms with Gasteiger partial charge in [-0.05, 0) is 60.3 Å². The molecule has 2 heterocycles. The summed E-state index contributed by atoms with van der Waals surface area (Å²) in [6.07, 6.45) is -4.66. The van der Waals surface area contributed by atoms with Crippen molar-refractivity contribution in [3.05, 3.63) is 82.2 Å². The highest BCUT2D eigenvalue weighted by molar-refractivity contribution is 7.13. The maximum Gasteiger partial charge on any atom is 0.416 e. The molecule has 1 N–H and O–H groups in total. The Bertz CT molecular complexity index is 1270. The van der Waals surface area contributed by atoms with Crippen molar-refractivity contribution in [3.8, 4) is 10.6 Å². The van der Waals surface area contributed by atoms with Crippen LogP contribution in [0, 0.1) is 6.92 Å². The van der Waals surface area contributed by atoms with E-state index in [2.05, 4.69) is 10.3 Å². The average molecular weight is 444 g/mol. The number of anilines is 1. The SMILES string of the molecule is Cc1ccc2nc(-c3cccs3)cc(C(=O)Nc3cc(CF)cc(C(F)(F)F)c3)c2c1. The topological polar surface area (TPSA) is 42.0 Å². The molecular formula is C23H16F4N2OS. The zero-order chi connectivity index (χ0) is 22.2. The summed E-state index contributed by atoms with van der Waals surface area (Å²) in [4.78, 5) is 18.6. The molecule has 0 bridgehead atoms. The average Bonchev–Trinajstić information content (AvgIpc) is 3.27. The van der Waals surface area contributed by atoms with Crippen molar-refractivity contribution in [2.75, 3.05) is 5.32 Å². The lowest BCUT2D eigenvalue weighted by Gasteiger charge is -2.14. The summed E-state index contributed by atoms with van der Waals surface area (Å²) in [5, 5.41) is 4.96. The minimum atomic E-state index is -4.66. The van der Waals surface area contributed by atoms with E-state index in [0.29, 0.717) is 16.6 Å². The standard InChI is InChI=1S/C23H16F4N2OS/c1-13-4-5-19-17(7-13)18(11-20(29-19)21-3-2-6-31-21)22(30)28-16-9-14(12-24)8-15(10-16)23(25,26)27/h2-11H,12H2,1H3,(H,28,30). The van der Waals surface area contributed by atoms with Crippen LogP contribution in [-0.2, 0) is 12.9 Å². The highest BCUT2D eigenvalue weighted by Gasteiger charge is 2.31. The molecule has 2 aromatic carbocycles. The lowest BCUT2D eigenvalue weighted by molar-refractivity contribution is -0.137. The van der Waals surface area contributed by atoms with Gasteiger partial charge in [-0.15, -0.1) is 11.3 Å². The number of pyridine rings is 1. The molecule has 0 aliphatic heterocycles. The smallest absolute Gasteiger partial charge is 0.322 e. The van der Waals surface area contributed by atoms with Crippen molar-refractivity contribution in [2.45, 2.75) is 19.8 Å². The number of alkyl halides is 4. The second-order valence-electron chi connectivity index (χ2n) is 7.06. The molecule has 31 heavy (non-hydrogen) atoms. The van der Waals surface area contributed by atoms with E-state index in [-0.39, 0.29) is 16.8 Å². The van der Waals surface area contributed by atoms with Gasteiger partial charge in [0.05, 0.1) is 27.2 Å². The minimum absolute atomic E-state index is 0.122. The van der Waals surface area contributed by atoms with E-state index in [1.165, 1.54) is 17.4 Å². The number of aryl methyl sites for hydroxylation is 1. The molecular weight excluding hydrogens is 428 g/mol. The fourth-order valence-corrected chi connectivity index (χ4v) is 3.97. The molecule has 0 spiro atoms. The molecule has 0 unspecified atom stereocenters. The second kappa shape index (κ2) is 8.11. The normalized spacial score (nSPS) is 11.6. The lowest BCUT2D eigenvalue weighted by Crippen LogP contribution is -2.15. The van der Waals surface area contributed by atoms with Crippen molar-refractivity contribution >= 4 is 33.8 Å². The van der Waals surface area contributed by atoms with Crippen LogP contribution in [0.15, 0.2) is 60.0 Å². The number of nitrogens with zero attached hydrogens (tertiary/aromatic N) is 1. The third kappa shape index (κ3) is 4.44. The van der Waals surface area contributed by atoms with Gasteiger partial charge in [0.25, 0.3) is 5.91 Å². The molecule has 4 rings (SSSR count).